The Morgan fingerprint density at radius 3 is 2.41 bits per heavy atom. The van der Waals surface area contributed by atoms with Crippen molar-refractivity contribution in [2.75, 3.05) is 0 Å². The van der Waals surface area contributed by atoms with Crippen LogP contribution < -0.4 is 0 Å². The Morgan fingerprint density at radius 2 is 1.73 bits per heavy atom. The van der Waals surface area contributed by atoms with E-state index in [9.17, 15) is 0 Å². The second kappa shape index (κ2) is 6.03. The van der Waals surface area contributed by atoms with Crippen LogP contribution in [-0.4, -0.2) is 4.98 Å². The van der Waals surface area contributed by atoms with Crippen LogP contribution in [0.25, 0.3) is 22.2 Å². The third kappa shape index (κ3) is 2.61. The Kier molecular flexibility index (Phi) is 3.94. The van der Waals surface area contributed by atoms with Crippen LogP contribution in [0.5, 0.6) is 0 Å². The molecule has 0 unspecified atom stereocenters. The Labute approximate surface area is 132 Å². The van der Waals surface area contributed by atoms with Gasteiger partial charge in [0.1, 0.15) is 0 Å². The van der Waals surface area contributed by atoms with Crippen molar-refractivity contribution in [2.45, 2.75) is 26.7 Å². The van der Waals surface area contributed by atoms with Crippen LogP contribution in [0.4, 0.5) is 0 Å². The zero-order valence-electron chi connectivity index (χ0n) is 13.2. The first-order valence-electron chi connectivity index (χ1n) is 7.62. The summed E-state index contributed by atoms with van der Waals surface area (Å²) >= 11 is 0. The summed E-state index contributed by atoms with van der Waals surface area (Å²) in [5.74, 6) is 6.57. The fraction of sp³-hybridized carbons (Fsp3) is 0.190. The maximum absolute atomic E-state index is 4.98. The molecule has 0 aliphatic heterocycles. The van der Waals surface area contributed by atoms with Gasteiger partial charge >= 0.3 is 0 Å². The largest absolute Gasteiger partial charge is 0.246 e. The number of nitrogens with zero attached hydrogens (tertiary/aromatic N) is 1. The second-order valence-electron chi connectivity index (χ2n) is 5.70. The number of fused-ring (bicyclic) bond motifs is 1. The van der Waals surface area contributed by atoms with Gasteiger partial charge in [0.15, 0.2) is 0 Å². The Morgan fingerprint density at radius 1 is 0.955 bits per heavy atom. The van der Waals surface area contributed by atoms with Crippen molar-refractivity contribution in [1.29, 1.82) is 0 Å². The molecular weight excluding hydrogens is 266 g/mol. The van der Waals surface area contributed by atoms with Gasteiger partial charge in [-0.1, -0.05) is 62.2 Å². The van der Waals surface area contributed by atoms with Gasteiger partial charge in [-0.25, -0.2) is 4.98 Å². The van der Waals surface area contributed by atoms with E-state index in [2.05, 4.69) is 68.2 Å². The molecule has 1 heteroatoms. The van der Waals surface area contributed by atoms with E-state index >= 15 is 0 Å². The molecule has 0 saturated carbocycles. The van der Waals surface area contributed by atoms with Gasteiger partial charge in [0.05, 0.1) is 16.8 Å². The number of aromatic nitrogens is 1. The Hall–Kier alpha value is -2.59. The summed E-state index contributed by atoms with van der Waals surface area (Å²) in [6.45, 7) is 6.29. The summed E-state index contributed by atoms with van der Waals surface area (Å²) in [7, 11) is 0. The molecule has 0 amide bonds. The quantitative estimate of drug-likeness (QED) is 0.575. The Balaban J connectivity index is 2.35. The lowest BCUT2D eigenvalue weighted by Gasteiger charge is -2.14. The molecule has 0 radical (unpaired) electrons. The van der Waals surface area contributed by atoms with Crippen molar-refractivity contribution in [2.24, 2.45) is 0 Å². The number of pyridine rings is 1. The summed E-state index contributed by atoms with van der Waals surface area (Å²) in [4.78, 5) is 4.98. The maximum Gasteiger partial charge on any atom is 0.0866 e. The smallest absolute Gasteiger partial charge is 0.0866 e. The average molecular weight is 285 g/mol. The summed E-state index contributed by atoms with van der Waals surface area (Å²) in [6.07, 6.45) is 0. The van der Waals surface area contributed by atoms with Crippen molar-refractivity contribution >= 4 is 10.9 Å². The van der Waals surface area contributed by atoms with Crippen molar-refractivity contribution < 1.29 is 0 Å². The first-order chi connectivity index (χ1) is 10.7. The van der Waals surface area contributed by atoms with Crippen molar-refractivity contribution in [3.05, 3.63) is 65.7 Å². The van der Waals surface area contributed by atoms with E-state index in [0.29, 0.717) is 5.92 Å². The molecule has 0 aliphatic carbocycles. The minimum atomic E-state index is 0.424. The zero-order valence-corrected chi connectivity index (χ0v) is 13.2. The van der Waals surface area contributed by atoms with Gasteiger partial charge in [0.25, 0.3) is 0 Å². The highest BCUT2D eigenvalue weighted by Gasteiger charge is 2.13. The lowest BCUT2D eigenvalue weighted by molar-refractivity contribution is 0.865. The first-order valence-corrected chi connectivity index (χ1v) is 7.62. The molecule has 0 aliphatic rings. The zero-order chi connectivity index (χ0) is 15.5. The number of para-hydroxylation sites is 1. The van der Waals surface area contributed by atoms with E-state index in [1.54, 1.807) is 0 Å². The van der Waals surface area contributed by atoms with Crippen LogP contribution >= 0.6 is 0 Å². The van der Waals surface area contributed by atoms with Gasteiger partial charge in [-0.2, -0.15) is 0 Å². The molecule has 22 heavy (non-hydrogen) atoms. The molecule has 108 valence electrons. The maximum atomic E-state index is 4.98. The van der Waals surface area contributed by atoms with E-state index in [1.165, 1.54) is 5.56 Å². The number of hydrogen-bond donors (Lipinski definition) is 0. The lowest BCUT2D eigenvalue weighted by Crippen LogP contribution is -1.98. The third-order valence-corrected chi connectivity index (χ3v) is 3.80. The normalized spacial score (nSPS) is 10.5. The minimum Gasteiger partial charge on any atom is -0.246 e. The highest BCUT2D eigenvalue weighted by molar-refractivity contribution is 5.88. The van der Waals surface area contributed by atoms with E-state index < -0.39 is 0 Å². The van der Waals surface area contributed by atoms with Gasteiger partial charge in [0, 0.05) is 10.9 Å². The summed E-state index contributed by atoms with van der Waals surface area (Å²) in [6, 6.07) is 18.9. The van der Waals surface area contributed by atoms with Crippen LogP contribution in [0, 0.1) is 11.8 Å². The molecule has 3 aromatic rings. The molecule has 2 aromatic carbocycles. The monoisotopic (exact) mass is 285 g/mol. The number of benzene rings is 2. The van der Waals surface area contributed by atoms with Crippen LogP contribution in [0.1, 0.15) is 37.8 Å². The minimum absolute atomic E-state index is 0.424. The number of rotatable bonds is 2. The van der Waals surface area contributed by atoms with Gasteiger partial charge in [-0.05, 0) is 30.5 Å². The highest BCUT2D eigenvalue weighted by Crippen LogP contribution is 2.31. The second-order valence-corrected chi connectivity index (χ2v) is 5.70. The van der Waals surface area contributed by atoms with Crippen LogP contribution in [0.3, 0.4) is 0 Å². The first kappa shape index (κ1) is 14.4. The molecule has 1 heterocycles. The molecule has 0 saturated heterocycles. The molecule has 1 aromatic heterocycles. The summed E-state index contributed by atoms with van der Waals surface area (Å²) in [5.41, 5.74) is 5.48. The lowest BCUT2D eigenvalue weighted by atomic mass is 9.94. The van der Waals surface area contributed by atoms with Crippen LogP contribution in [0.15, 0.2) is 54.6 Å². The molecular formula is C21H19N. The van der Waals surface area contributed by atoms with Gasteiger partial charge < -0.3 is 0 Å². The molecule has 0 atom stereocenters. The topological polar surface area (TPSA) is 12.9 Å². The van der Waals surface area contributed by atoms with Crippen LogP contribution in [0.2, 0.25) is 0 Å². The fourth-order valence-corrected chi connectivity index (χ4v) is 2.72. The van der Waals surface area contributed by atoms with Gasteiger partial charge in [-0.3, -0.25) is 0 Å². The molecule has 0 bridgehead atoms. The molecule has 0 N–H and O–H groups in total. The van der Waals surface area contributed by atoms with Crippen molar-refractivity contribution in [3.63, 3.8) is 0 Å². The van der Waals surface area contributed by atoms with Crippen LogP contribution in [-0.2, 0) is 0 Å². The summed E-state index contributed by atoms with van der Waals surface area (Å²) < 4.78 is 0. The molecule has 0 spiro atoms. The third-order valence-electron chi connectivity index (χ3n) is 3.80. The van der Waals surface area contributed by atoms with E-state index in [-0.39, 0.29) is 0 Å². The fourth-order valence-electron chi connectivity index (χ4n) is 2.72. The van der Waals surface area contributed by atoms with Crippen molar-refractivity contribution in [1.82, 2.24) is 4.98 Å². The predicted octanol–water partition coefficient (Wildman–Crippen LogP) is 5.40. The van der Waals surface area contributed by atoms with E-state index in [1.807, 2.05) is 19.1 Å². The van der Waals surface area contributed by atoms with Crippen molar-refractivity contribution in [3.8, 4) is 23.1 Å². The molecule has 3 rings (SSSR count). The predicted molar refractivity (Wildman–Crippen MR) is 93.8 cm³/mol. The standard InChI is InChI=1S/C21H19N/c1-4-9-16-12-8-13-18-14-19(15(2)3)21(22-20(16)18)17-10-6-5-7-11-17/h5-8,10-15H,1-3H3. The molecule has 1 nitrogen and oxygen atoms in total. The van der Waals surface area contributed by atoms with Gasteiger partial charge in [0.2, 0.25) is 0 Å². The highest BCUT2D eigenvalue weighted by atomic mass is 14.7. The average Bonchev–Trinajstić information content (AvgIpc) is 2.55. The SMILES string of the molecule is CC#Cc1cccc2cc(C(C)C)c(-c3ccccc3)nc12. The number of hydrogen-bond acceptors (Lipinski definition) is 1. The Bertz CT molecular complexity index is 865. The van der Waals surface area contributed by atoms with E-state index in [0.717, 1.165) is 27.7 Å². The van der Waals surface area contributed by atoms with E-state index in [4.69, 9.17) is 4.98 Å². The molecule has 0 fully saturated rings. The summed E-state index contributed by atoms with van der Waals surface area (Å²) in [5, 5.41) is 1.16. The van der Waals surface area contributed by atoms with Gasteiger partial charge in [-0.15, -0.1) is 5.92 Å².